The zero-order valence-corrected chi connectivity index (χ0v) is 18.0. The predicted octanol–water partition coefficient (Wildman–Crippen LogP) is -2.34. The topological polar surface area (TPSA) is 299 Å². The van der Waals surface area contributed by atoms with Gasteiger partial charge in [-0.15, -0.1) is 0 Å². The van der Waals surface area contributed by atoms with E-state index in [1.165, 1.54) is 0 Å². The zero-order valence-electron chi connectivity index (χ0n) is 15.3. The van der Waals surface area contributed by atoms with Gasteiger partial charge in [-0.05, 0) is 0 Å². The Labute approximate surface area is 175 Å². The van der Waals surface area contributed by atoms with Crippen LogP contribution in [0, 0.1) is 0 Å². The summed E-state index contributed by atoms with van der Waals surface area (Å²) in [7, 11) is -16.8. The summed E-state index contributed by atoms with van der Waals surface area (Å²) in [5.41, 5.74) is 4.72. The lowest BCUT2D eigenvalue weighted by molar-refractivity contribution is -0.0503. The fraction of sp³-hybridized carbons (Fsp3) is 0.500. The Morgan fingerprint density at radius 2 is 1.78 bits per heavy atom. The maximum Gasteiger partial charge on any atom is 0.490 e. The first-order valence-corrected chi connectivity index (χ1v) is 12.6. The molecule has 0 aliphatic carbocycles. The number of nitrogens with two attached hydrogens (primary N) is 1. The summed E-state index contributed by atoms with van der Waals surface area (Å²) in [5.74, 6) is -0.129. The predicted molar refractivity (Wildman–Crippen MR) is 98.3 cm³/mol. The lowest BCUT2D eigenvalue weighted by atomic mass is 10.1. The number of aliphatic hydroxyl groups excluding tert-OH is 2. The summed E-state index contributed by atoms with van der Waals surface area (Å²) < 4.78 is 51.6. The van der Waals surface area contributed by atoms with Crippen LogP contribution < -0.4 is 11.4 Å². The zero-order chi connectivity index (χ0) is 24.1. The molecule has 6 unspecified atom stereocenters. The molecule has 3 heterocycles. The number of anilines is 1. The number of nitrogens with zero attached hydrogens (tertiary/aromatic N) is 3. The fourth-order valence-electron chi connectivity index (χ4n) is 2.71. The average molecular weight is 523 g/mol. The van der Waals surface area contributed by atoms with Gasteiger partial charge in [0, 0.05) is 0 Å². The van der Waals surface area contributed by atoms with Gasteiger partial charge in [-0.25, -0.2) is 23.5 Å². The van der Waals surface area contributed by atoms with Crippen LogP contribution >= 0.6 is 23.5 Å². The second-order valence-electron chi connectivity index (χ2n) is 6.21. The Kier molecular flexibility index (Phi) is 6.78. The van der Waals surface area contributed by atoms with Crippen LogP contribution in [0.3, 0.4) is 0 Å². The van der Waals surface area contributed by atoms with Crippen molar-refractivity contribution in [3.8, 4) is 0 Å². The maximum atomic E-state index is 11.8. The van der Waals surface area contributed by atoms with Crippen molar-refractivity contribution in [1.82, 2.24) is 19.5 Å². The number of hydrogen-bond acceptors (Lipinski definition) is 13. The molecule has 32 heavy (non-hydrogen) atoms. The van der Waals surface area contributed by atoms with Crippen LogP contribution in [-0.4, -0.2) is 74.2 Å². The van der Waals surface area contributed by atoms with Gasteiger partial charge in [0.05, 0.1) is 12.9 Å². The average Bonchev–Trinajstić information content (AvgIpc) is 3.12. The first kappa shape index (κ1) is 25.1. The van der Waals surface area contributed by atoms with Crippen LogP contribution in [0.2, 0.25) is 0 Å². The van der Waals surface area contributed by atoms with Crippen molar-refractivity contribution >= 4 is 40.4 Å². The van der Waals surface area contributed by atoms with Gasteiger partial charge in [0.25, 0.3) is 0 Å². The molecule has 0 aromatic carbocycles. The van der Waals surface area contributed by atoms with E-state index in [1.54, 1.807) is 0 Å². The van der Waals surface area contributed by atoms with E-state index in [2.05, 4.69) is 28.1 Å². The number of phosphoric acid groups is 3. The van der Waals surface area contributed by atoms with Crippen molar-refractivity contribution < 1.29 is 61.4 Å². The smallest absolute Gasteiger partial charge is 0.387 e. The number of ether oxygens (including phenoxy) is 1. The van der Waals surface area contributed by atoms with Crippen LogP contribution in [-0.2, 0) is 31.6 Å². The third kappa shape index (κ3) is 5.67. The second kappa shape index (κ2) is 8.66. The molecule has 0 radical (unpaired) electrons. The van der Waals surface area contributed by atoms with Crippen molar-refractivity contribution in [3.63, 3.8) is 0 Å². The summed E-state index contributed by atoms with van der Waals surface area (Å²) >= 11 is 0. The third-order valence-electron chi connectivity index (χ3n) is 3.90. The Bertz CT molecular complexity index is 1210. The van der Waals surface area contributed by atoms with Crippen molar-refractivity contribution in [2.24, 2.45) is 0 Å². The van der Waals surface area contributed by atoms with Crippen LogP contribution in [0.4, 0.5) is 5.82 Å². The molecule has 22 heteroatoms. The molecule has 180 valence electrons. The number of H-pyrrole nitrogens is 1. The van der Waals surface area contributed by atoms with E-state index < -0.39 is 60.3 Å². The van der Waals surface area contributed by atoms with Crippen molar-refractivity contribution in [1.29, 1.82) is 0 Å². The van der Waals surface area contributed by atoms with E-state index in [-0.39, 0.29) is 17.0 Å². The number of nitrogens with one attached hydrogen (secondary N) is 1. The van der Waals surface area contributed by atoms with Crippen LogP contribution in [0.15, 0.2) is 11.1 Å². The number of aliphatic hydroxyl groups is 2. The van der Waals surface area contributed by atoms with E-state index in [1.807, 2.05) is 0 Å². The summed E-state index contributed by atoms with van der Waals surface area (Å²) in [6.07, 6.45) is -5.30. The van der Waals surface area contributed by atoms with Crippen molar-refractivity contribution in [3.05, 3.63) is 16.8 Å². The molecular weight excluding hydrogens is 507 g/mol. The lowest BCUT2D eigenvalue weighted by Gasteiger charge is -2.19. The van der Waals surface area contributed by atoms with E-state index in [0.717, 1.165) is 10.9 Å². The van der Waals surface area contributed by atoms with Gasteiger partial charge in [-0.1, -0.05) is 0 Å². The fourth-order valence-corrected chi connectivity index (χ4v) is 5.74. The molecule has 0 bridgehead atoms. The molecule has 9 N–H and O–H groups in total. The Balaban J connectivity index is 1.72. The first-order valence-electron chi connectivity index (χ1n) is 8.11. The molecule has 0 spiro atoms. The number of rotatable bonds is 8. The molecule has 0 amide bonds. The maximum absolute atomic E-state index is 11.8. The molecule has 2 aromatic heterocycles. The van der Waals surface area contributed by atoms with E-state index in [4.69, 9.17) is 25.2 Å². The molecule has 6 atom stereocenters. The van der Waals surface area contributed by atoms with Gasteiger partial charge in [-0.2, -0.15) is 13.6 Å². The number of fused-ring (bicyclic) bond motifs is 1. The van der Waals surface area contributed by atoms with Gasteiger partial charge in [0.2, 0.25) is 0 Å². The normalized spacial score (nSPS) is 27.9. The van der Waals surface area contributed by atoms with Crippen LogP contribution in [0.1, 0.15) is 6.23 Å². The van der Waals surface area contributed by atoms with Crippen LogP contribution in [0.25, 0.3) is 11.2 Å². The monoisotopic (exact) mass is 523 g/mol. The number of hydrogen-bond donors (Lipinski definition) is 8. The minimum atomic E-state index is -5.73. The molecular formula is C10H16N5O14P3. The summed E-state index contributed by atoms with van der Waals surface area (Å²) in [5, 5.41) is 20.4. The number of aromatic amines is 1. The molecule has 2 aromatic rings. The minimum absolute atomic E-state index is 0.0478. The Morgan fingerprint density at radius 1 is 1.12 bits per heavy atom. The van der Waals surface area contributed by atoms with Gasteiger partial charge >= 0.3 is 29.2 Å². The molecule has 3 rings (SSSR count). The van der Waals surface area contributed by atoms with Crippen molar-refractivity contribution in [2.45, 2.75) is 24.5 Å². The highest BCUT2D eigenvalue weighted by Crippen LogP contribution is 2.66. The van der Waals surface area contributed by atoms with E-state index >= 15 is 0 Å². The van der Waals surface area contributed by atoms with Gasteiger partial charge < -0.3 is 40.3 Å². The highest BCUT2D eigenvalue weighted by molar-refractivity contribution is 7.66. The Hall–Kier alpha value is -1.56. The third-order valence-corrected chi connectivity index (χ3v) is 7.70. The van der Waals surface area contributed by atoms with E-state index in [0.29, 0.717) is 0 Å². The highest BCUT2D eigenvalue weighted by atomic mass is 31.3. The standard InChI is InChI=1S/C10H16N5O14P3/c11-7-4-8(14-10(18)13-7)15(2-12-4)9-6(17)5(16)3(27-9)1-26-31(22,23)29-32(24,25)28-30(19,20)21/h2-3,5-6,9,16-17H,1H2,(H,22,23)(H,24,25)(H2,19,20,21)(H3,11,13,14,18). The summed E-state index contributed by atoms with van der Waals surface area (Å²) in [4.78, 5) is 56.9. The Morgan fingerprint density at radius 3 is 2.41 bits per heavy atom. The quantitative estimate of drug-likeness (QED) is 0.168. The van der Waals surface area contributed by atoms with Crippen molar-refractivity contribution in [2.75, 3.05) is 12.3 Å². The molecule has 1 aliphatic rings. The number of imidazole rings is 1. The largest absolute Gasteiger partial charge is 0.490 e. The van der Waals surface area contributed by atoms with Gasteiger partial charge in [-0.3, -0.25) is 14.1 Å². The molecule has 1 fully saturated rings. The van der Waals surface area contributed by atoms with Gasteiger partial charge in [0.1, 0.15) is 29.6 Å². The summed E-state index contributed by atoms with van der Waals surface area (Å²) in [6, 6.07) is 0. The lowest BCUT2D eigenvalue weighted by Crippen LogP contribution is -2.33. The second-order valence-corrected chi connectivity index (χ2v) is 10.6. The molecule has 19 nitrogen and oxygen atoms in total. The SMILES string of the molecule is Nc1[nH]c(=O)nc2c1ncn2C1OC(COP(=O)(O)OP(=O)(O)OP(=O)(O)O)C(O)C1O. The summed E-state index contributed by atoms with van der Waals surface area (Å²) in [6.45, 7) is -1.01. The number of nitrogen functional groups attached to an aromatic ring is 1. The van der Waals surface area contributed by atoms with E-state index in [9.17, 15) is 33.6 Å². The number of phosphoric ester groups is 1. The molecule has 0 saturated carbocycles. The molecule has 1 saturated heterocycles. The van der Waals surface area contributed by atoms with Crippen LogP contribution in [0.5, 0.6) is 0 Å². The highest BCUT2D eigenvalue weighted by Gasteiger charge is 2.47. The minimum Gasteiger partial charge on any atom is -0.387 e. The number of aromatic nitrogens is 4. The first-order chi connectivity index (χ1) is 14.6. The molecule has 1 aliphatic heterocycles. The van der Waals surface area contributed by atoms with Gasteiger partial charge in [0.15, 0.2) is 11.9 Å².